The van der Waals surface area contributed by atoms with E-state index in [2.05, 4.69) is 0 Å². The summed E-state index contributed by atoms with van der Waals surface area (Å²) in [6.07, 6.45) is -1.34. The first-order valence-corrected chi connectivity index (χ1v) is 7.77. The summed E-state index contributed by atoms with van der Waals surface area (Å²) in [5, 5.41) is 29.9. The molecule has 5 nitrogen and oxygen atoms in total. The van der Waals surface area contributed by atoms with Gasteiger partial charge in [-0.3, -0.25) is 4.79 Å². The van der Waals surface area contributed by atoms with E-state index < -0.39 is 17.6 Å². The molecule has 0 amide bonds. The Morgan fingerprint density at radius 2 is 1.71 bits per heavy atom. The van der Waals surface area contributed by atoms with Gasteiger partial charge >= 0.3 is 0 Å². The highest BCUT2D eigenvalue weighted by Gasteiger charge is 2.32. The molecule has 3 N–H and O–H groups in total. The largest absolute Gasteiger partial charge is 0.504 e. The predicted octanol–water partition coefficient (Wildman–Crippen LogP) is 1.94. The summed E-state index contributed by atoms with van der Waals surface area (Å²) >= 11 is 0. The molecule has 0 bridgehead atoms. The van der Waals surface area contributed by atoms with E-state index in [0.717, 1.165) is 16.7 Å². The SMILES string of the molecule is O=c1cc2oc3c(c(-c4ccccc4)c-2cc1O)CC(O)C(O)C3. The molecule has 2 unspecified atom stereocenters. The molecule has 5 heteroatoms. The summed E-state index contributed by atoms with van der Waals surface area (Å²) in [6, 6.07) is 12.2. The van der Waals surface area contributed by atoms with Crippen LogP contribution >= 0.6 is 0 Å². The summed E-state index contributed by atoms with van der Waals surface area (Å²) in [4.78, 5) is 11.8. The average Bonchev–Trinajstić information content (AvgIpc) is 2.57. The topological polar surface area (TPSA) is 90.9 Å². The molecule has 1 aromatic rings. The molecule has 1 aliphatic heterocycles. The van der Waals surface area contributed by atoms with Crippen LogP contribution in [0.5, 0.6) is 5.75 Å². The lowest BCUT2D eigenvalue weighted by molar-refractivity contribution is 0.00940. The van der Waals surface area contributed by atoms with E-state index in [1.807, 2.05) is 30.3 Å². The minimum atomic E-state index is -0.897. The molecule has 2 aliphatic carbocycles. The number of benzene rings is 2. The molecule has 24 heavy (non-hydrogen) atoms. The van der Waals surface area contributed by atoms with Crippen LogP contribution in [-0.4, -0.2) is 27.5 Å². The zero-order chi connectivity index (χ0) is 16.8. The first kappa shape index (κ1) is 14.9. The lowest BCUT2D eigenvalue weighted by atomic mass is 9.84. The lowest BCUT2D eigenvalue weighted by Gasteiger charge is -2.29. The van der Waals surface area contributed by atoms with E-state index >= 15 is 0 Å². The standard InChI is InChI=1S/C19H16O5/c20-13-6-11-17(8-15(13)22)24-18-9-16(23)14(21)7-12(18)19(11)10-4-2-1-3-5-10/h1-6,8,14,16,20-21,23H,7,9H2. The van der Waals surface area contributed by atoms with Gasteiger partial charge in [-0.1, -0.05) is 30.3 Å². The quantitative estimate of drug-likeness (QED) is 0.636. The minimum Gasteiger partial charge on any atom is -0.504 e. The maximum absolute atomic E-state index is 11.8. The Morgan fingerprint density at radius 1 is 1.00 bits per heavy atom. The van der Waals surface area contributed by atoms with Crippen LogP contribution in [-0.2, 0) is 12.8 Å². The van der Waals surface area contributed by atoms with Crippen LogP contribution in [0.1, 0.15) is 11.3 Å². The molecular weight excluding hydrogens is 308 g/mol. The van der Waals surface area contributed by atoms with Gasteiger partial charge in [-0.15, -0.1) is 0 Å². The molecule has 0 spiro atoms. The number of phenols is 1. The highest BCUT2D eigenvalue weighted by atomic mass is 16.4. The van der Waals surface area contributed by atoms with Gasteiger partial charge in [-0.2, -0.15) is 0 Å². The van der Waals surface area contributed by atoms with Gasteiger partial charge in [0.25, 0.3) is 0 Å². The van der Waals surface area contributed by atoms with Crippen LogP contribution in [0.4, 0.5) is 0 Å². The lowest BCUT2D eigenvalue weighted by Crippen LogP contribution is -2.35. The fourth-order valence-corrected chi connectivity index (χ4v) is 3.31. The number of hydrogen-bond acceptors (Lipinski definition) is 5. The van der Waals surface area contributed by atoms with Crippen molar-refractivity contribution in [3.8, 4) is 28.2 Å². The highest BCUT2D eigenvalue weighted by Crippen LogP contribution is 2.41. The van der Waals surface area contributed by atoms with E-state index in [1.165, 1.54) is 12.1 Å². The molecular formula is C19H16O5. The van der Waals surface area contributed by atoms with Crippen LogP contribution in [0.25, 0.3) is 22.5 Å². The average molecular weight is 324 g/mol. The number of rotatable bonds is 1. The number of fused-ring (bicyclic) bond motifs is 2. The molecule has 1 heterocycles. The van der Waals surface area contributed by atoms with Gasteiger partial charge < -0.3 is 19.7 Å². The third-order valence-corrected chi connectivity index (χ3v) is 4.52. The molecule has 0 radical (unpaired) electrons. The molecule has 4 rings (SSSR count). The predicted molar refractivity (Wildman–Crippen MR) is 88.1 cm³/mol. The van der Waals surface area contributed by atoms with Gasteiger partial charge in [0.2, 0.25) is 5.43 Å². The molecule has 0 fully saturated rings. The summed E-state index contributed by atoms with van der Waals surface area (Å²) in [5.74, 6) is 0.578. The molecule has 2 atom stereocenters. The van der Waals surface area contributed by atoms with Gasteiger partial charge in [0.05, 0.1) is 12.2 Å². The smallest absolute Gasteiger partial charge is 0.223 e. The normalized spacial score (nSPS) is 20.1. The van der Waals surface area contributed by atoms with Crippen LogP contribution < -0.4 is 5.43 Å². The molecule has 122 valence electrons. The fraction of sp³-hybridized carbons (Fsp3) is 0.211. The number of aliphatic hydroxyl groups excluding tert-OH is 2. The van der Waals surface area contributed by atoms with E-state index in [9.17, 15) is 20.1 Å². The second-order valence-electron chi connectivity index (χ2n) is 6.10. The summed E-state index contributed by atoms with van der Waals surface area (Å²) in [5.41, 5.74) is 2.61. The van der Waals surface area contributed by atoms with Crippen molar-refractivity contribution in [3.05, 3.63) is 64.0 Å². The van der Waals surface area contributed by atoms with Crippen molar-refractivity contribution in [3.63, 3.8) is 0 Å². The summed E-state index contributed by atoms with van der Waals surface area (Å²) in [6.45, 7) is 0. The number of aromatic hydroxyl groups is 1. The van der Waals surface area contributed by atoms with Crippen molar-refractivity contribution in [1.29, 1.82) is 0 Å². The second kappa shape index (κ2) is 5.47. The molecule has 0 saturated carbocycles. The summed E-state index contributed by atoms with van der Waals surface area (Å²) < 4.78 is 5.82. The Kier molecular flexibility index (Phi) is 3.40. The van der Waals surface area contributed by atoms with Gasteiger partial charge in [-0.25, -0.2) is 0 Å². The Balaban J connectivity index is 2.09. The zero-order valence-electron chi connectivity index (χ0n) is 12.8. The number of hydrogen-bond donors (Lipinski definition) is 3. The van der Waals surface area contributed by atoms with Crippen molar-refractivity contribution >= 4 is 0 Å². The maximum atomic E-state index is 11.8. The molecule has 1 aromatic carbocycles. The van der Waals surface area contributed by atoms with Crippen molar-refractivity contribution in [2.45, 2.75) is 25.0 Å². The Morgan fingerprint density at radius 3 is 2.46 bits per heavy atom. The first-order valence-electron chi connectivity index (χ1n) is 7.77. The maximum Gasteiger partial charge on any atom is 0.223 e. The van der Waals surface area contributed by atoms with E-state index in [0.29, 0.717) is 17.1 Å². The second-order valence-corrected chi connectivity index (χ2v) is 6.10. The minimum absolute atomic E-state index is 0.182. The van der Waals surface area contributed by atoms with E-state index in [-0.39, 0.29) is 18.6 Å². The van der Waals surface area contributed by atoms with Gasteiger partial charge in [0, 0.05) is 30.0 Å². The molecule has 0 saturated heterocycles. The summed E-state index contributed by atoms with van der Waals surface area (Å²) in [7, 11) is 0. The monoisotopic (exact) mass is 324 g/mol. The van der Waals surface area contributed by atoms with Gasteiger partial charge in [0.15, 0.2) is 5.75 Å². The van der Waals surface area contributed by atoms with Crippen LogP contribution in [0.3, 0.4) is 0 Å². The third-order valence-electron chi connectivity index (χ3n) is 4.52. The van der Waals surface area contributed by atoms with Crippen molar-refractivity contribution in [2.75, 3.05) is 0 Å². The van der Waals surface area contributed by atoms with Crippen molar-refractivity contribution in [2.24, 2.45) is 0 Å². The zero-order valence-corrected chi connectivity index (χ0v) is 12.8. The molecule has 3 aliphatic rings. The van der Waals surface area contributed by atoms with Gasteiger partial charge in [0.1, 0.15) is 11.5 Å². The number of phenolic OH excluding ortho intramolecular Hbond substituents is 1. The Labute approximate surface area is 137 Å². The Hall–Kier alpha value is -2.63. The first-order chi connectivity index (χ1) is 11.5. The molecule has 0 aromatic heterocycles. The van der Waals surface area contributed by atoms with Crippen molar-refractivity contribution in [1.82, 2.24) is 0 Å². The highest BCUT2D eigenvalue weighted by molar-refractivity contribution is 5.85. The fourth-order valence-electron chi connectivity index (χ4n) is 3.31. The Bertz CT molecular complexity index is 929. The van der Waals surface area contributed by atoms with Gasteiger partial charge in [-0.05, 0) is 17.2 Å². The third kappa shape index (κ3) is 2.29. The van der Waals surface area contributed by atoms with Crippen LogP contribution in [0.15, 0.2) is 51.7 Å². The van der Waals surface area contributed by atoms with Crippen molar-refractivity contribution < 1.29 is 19.7 Å². The van der Waals surface area contributed by atoms with Crippen LogP contribution in [0.2, 0.25) is 0 Å². The van der Waals surface area contributed by atoms with E-state index in [4.69, 9.17) is 4.42 Å². The van der Waals surface area contributed by atoms with Crippen LogP contribution in [0, 0.1) is 0 Å². The number of aliphatic hydroxyl groups is 2. The van der Waals surface area contributed by atoms with E-state index in [1.54, 1.807) is 0 Å².